The number of quaternary nitrogens is 1. The summed E-state index contributed by atoms with van der Waals surface area (Å²) < 4.78 is 5.30. The van der Waals surface area contributed by atoms with Gasteiger partial charge in [-0.1, -0.05) is 0 Å². The SMILES string of the molecule is CCOc1ccc(C(=O)CC[NH2+]CCC(=O)[O-])cc1. The molecular weight excluding hydrogens is 246 g/mol. The molecule has 0 aromatic heterocycles. The average Bonchev–Trinajstić information content (AvgIpc) is 2.39. The lowest BCUT2D eigenvalue weighted by atomic mass is 10.1. The van der Waals surface area contributed by atoms with E-state index in [-0.39, 0.29) is 12.2 Å². The van der Waals surface area contributed by atoms with Crippen molar-refractivity contribution in [1.29, 1.82) is 0 Å². The molecule has 0 saturated carbocycles. The summed E-state index contributed by atoms with van der Waals surface area (Å²) in [5.74, 6) is -0.263. The van der Waals surface area contributed by atoms with E-state index in [1.165, 1.54) is 0 Å². The molecule has 1 aromatic rings. The summed E-state index contributed by atoms with van der Waals surface area (Å²) in [5, 5.41) is 12.0. The third kappa shape index (κ3) is 6.01. The molecule has 104 valence electrons. The highest BCUT2D eigenvalue weighted by atomic mass is 16.5. The maximum Gasteiger partial charge on any atom is 0.168 e. The first-order valence-corrected chi connectivity index (χ1v) is 6.41. The van der Waals surface area contributed by atoms with Gasteiger partial charge in [-0.25, -0.2) is 0 Å². The molecule has 0 aliphatic heterocycles. The molecule has 0 fully saturated rings. The van der Waals surface area contributed by atoms with Gasteiger partial charge in [0.2, 0.25) is 0 Å². The van der Waals surface area contributed by atoms with E-state index in [4.69, 9.17) is 4.74 Å². The third-order valence-electron chi connectivity index (χ3n) is 2.62. The van der Waals surface area contributed by atoms with Gasteiger partial charge in [0.15, 0.2) is 5.78 Å². The molecule has 0 aliphatic carbocycles. The standard InChI is InChI=1S/C14H19NO4/c1-2-19-12-5-3-11(4-6-12)13(16)7-9-15-10-8-14(17)18/h3-6,15H,2,7-10H2,1H3,(H,17,18). The van der Waals surface area contributed by atoms with E-state index in [2.05, 4.69) is 0 Å². The summed E-state index contributed by atoms with van der Waals surface area (Å²) in [7, 11) is 0. The molecule has 2 N–H and O–H groups in total. The largest absolute Gasteiger partial charge is 0.550 e. The molecule has 0 radical (unpaired) electrons. The van der Waals surface area contributed by atoms with Crippen molar-refractivity contribution >= 4 is 11.8 Å². The van der Waals surface area contributed by atoms with Crippen LogP contribution in [0.3, 0.4) is 0 Å². The Balaban J connectivity index is 2.30. The molecule has 0 spiro atoms. The zero-order chi connectivity index (χ0) is 14.1. The first kappa shape index (κ1) is 15.2. The number of carbonyl (C=O) groups excluding carboxylic acids is 2. The fourth-order valence-corrected chi connectivity index (χ4v) is 1.65. The summed E-state index contributed by atoms with van der Waals surface area (Å²) >= 11 is 0. The van der Waals surface area contributed by atoms with Crippen molar-refractivity contribution in [2.24, 2.45) is 0 Å². The maximum absolute atomic E-state index is 11.8. The highest BCUT2D eigenvalue weighted by Crippen LogP contribution is 2.12. The number of rotatable bonds is 9. The Bertz CT molecular complexity index is 414. The Morgan fingerprint density at radius 1 is 1.16 bits per heavy atom. The number of carboxylic acids is 1. The van der Waals surface area contributed by atoms with E-state index in [0.29, 0.717) is 31.7 Å². The van der Waals surface area contributed by atoms with E-state index >= 15 is 0 Å². The second-order valence-corrected chi connectivity index (χ2v) is 4.12. The summed E-state index contributed by atoms with van der Waals surface area (Å²) in [6, 6.07) is 7.04. The van der Waals surface area contributed by atoms with Crippen molar-refractivity contribution in [2.75, 3.05) is 19.7 Å². The minimum atomic E-state index is -1.06. The zero-order valence-electron chi connectivity index (χ0n) is 11.1. The number of benzene rings is 1. The van der Waals surface area contributed by atoms with Gasteiger partial charge in [-0.05, 0) is 31.2 Å². The summed E-state index contributed by atoms with van der Waals surface area (Å²) in [6.45, 7) is 3.53. The Morgan fingerprint density at radius 3 is 2.37 bits per heavy atom. The average molecular weight is 265 g/mol. The lowest BCUT2D eigenvalue weighted by molar-refractivity contribution is -0.653. The predicted octanol–water partition coefficient (Wildman–Crippen LogP) is -0.638. The first-order valence-electron chi connectivity index (χ1n) is 6.41. The van der Waals surface area contributed by atoms with E-state index in [1.54, 1.807) is 24.3 Å². The Kier molecular flexibility index (Phi) is 6.60. The van der Waals surface area contributed by atoms with Crippen LogP contribution in [0.1, 0.15) is 30.1 Å². The minimum absolute atomic E-state index is 0.0112. The van der Waals surface area contributed by atoms with Gasteiger partial charge in [0, 0.05) is 18.0 Å². The van der Waals surface area contributed by atoms with Gasteiger partial charge < -0.3 is 20.0 Å². The van der Waals surface area contributed by atoms with Crippen LogP contribution < -0.4 is 15.2 Å². The molecule has 0 heterocycles. The first-order chi connectivity index (χ1) is 9.13. The van der Waals surface area contributed by atoms with Gasteiger partial charge in [-0.3, -0.25) is 4.79 Å². The second kappa shape index (κ2) is 8.26. The van der Waals surface area contributed by atoms with E-state index in [1.807, 2.05) is 12.2 Å². The summed E-state index contributed by atoms with van der Waals surface area (Å²) in [5.41, 5.74) is 0.650. The number of ether oxygens (including phenoxy) is 1. The molecule has 0 saturated heterocycles. The van der Waals surface area contributed by atoms with Crippen molar-refractivity contribution in [3.05, 3.63) is 29.8 Å². The number of carboxylic acid groups (broad SMARTS) is 1. The van der Waals surface area contributed by atoms with Crippen molar-refractivity contribution in [2.45, 2.75) is 19.8 Å². The van der Waals surface area contributed by atoms with Gasteiger partial charge in [-0.15, -0.1) is 0 Å². The van der Waals surface area contributed by atoms with Gasteiger partial charge >= 0.3 is 0 Å². The molecule has 19 heavy (non-hydrogen) atoms. The highest BCUT2D eigenvalue weighted by molar-refractivity contribution is 5.96. The number of nitrogens with two attached hydrogens (primary N) is 1. The highest BCUT2D eigenvalue weighted by Gasteiger charge is 2.06. The molecule has 0 unspecified atom stereocenters. The fraction of sp³-hybridized carbons (Fsp3) is 0.429. The minimum Gasteiger partial charge on any atom is -0.550 e. The van der Waals surface area contributed by atoms with Crippen LogP contribution in [0, 0.1) is 0 Å². The van der Waals surface area contributed by atoms with Gasteiger partial charge in [0.1, 0.15) is 5.75 Å². The lowest BCUT2D eigenvalue weighted by Gasteiger charge is -2.05. The van der Waals surface area contributed by atoms with Crippen molar-refractivity contribution in [3.8, 4) is 5.75 Å². The predicted molar refractivity (Wildman–Crippen MR) is 67.8 cm³/mol. The number of aliphatic carboxylic acids is 1. The summed E-state index contributed by atoms with van der Waals surface area (Å²) in [4.78, 5) is 22.0. The van der Waals surface area contributed by atoms with Crippen LogP contribution >= 0.6 is 0 Å². The molecule has 0 amide bonds. The zero-order valence-corrected chi connectivity index (χ0v) is 11.1. The molecule has 1 aromatic carbocycles. The molecule has 1 rings (SSSR count). The number of Topliss-reactive ketones (excluding diaryl/α,β-unsaturated/α-hetero) is 1. The molecule has 5 nitrogen and oxygen atoms in total. The smallest absolute Gasteiger partial charge is 0.168 e. The Hall–Kier alpha value is -1.88. The number of hydrogen-bond acceptors (Lipinski definition) is 4. The van der Waals surface area contributed by atoms with Crippen LogP contribution in [0.15, 0.2) is 24.3 Å². The Morgan fingerprint density at radius 2 is 1.79 bits per heavy atom. The van der Waals surface area contributed by atoms with Crippen molar-refractivity contribution in [3.63, 3.8) is 0 Å². The maximum atomic E-state index is 11.8. The van der Waals surface area contributed by atoms with Crippen molar-refractivity contribution in [1.82, 2.24) is 0 Å². The van der Waals surface area contributed by atoms with E-state index < -0.39 is 5.97 Å². The van der Waals surface area contributed by atoms with Gasteiger partial charge in [0.05, 0.1) is 26.1 Å². The lowest BCUT2D eigenvalue weighted by Crippen LogP contribution is -2.84. The number of carbonyl (C=O) groups is 2. The van der Waals surface area contributed by atoms with E-state index in [9.17, 15) is 14.7 Å². The van der Waals surface area contributed by atoms with Gasteiger partial charge in [0.25, 0.3) is 0 Å². The normalized spacial score (nSPS) is 10.2. The number of ketones is 1. The second-order valence-electron chi connectivity index (χ2n) is 4.12. The van der Waals surface area contributed by atoms with Crippen LogP contribution in [-0.4, -0.2) is 31.4 Å². The topological polar surface area (TPSA) is 83.0 Å². The van der Waals surface area contributed by atoms with Gasteiger partial charge in [-0.2, -0.15) is 0 Å². The van der Waals surface area contributed by atoms with Crippen LogP contribution in [0.25, 0.3) is 0 Å². The fourth-order valence-electron chi connectivity index (χ4n) is 1.65. The Labute approximate surface area is 112 Å². The van der Waals surface area contributed by atoms with Crippen LogP contribution in [0.5, 0.6) is 5.75 Å². The summed E-state index contributed by atoms with van der Waals surface area (Å²) in [6.07, 6.45) is 0.401. The van der Waals surface area contributed by atoms with Crippen LogP contribution in [0.4, 0.5) is 0 Å². The molecule has 0 aliphatic rings. The third-order valence-corrected chi connectivity index (χ3v) is 2.62. The van der Waals surface area contributed by atoms with Crippen LogP contribution in [-0.2, 0) is 4.79 Å². The monoisotopic (exact) mass is 265 g/mol. The molecule has 0 atom stereocenters. The molecule has 5 heteroatoms. The van der Waals surface area contributed by atoms with Crippen molar-refractivity contribution < 1.29 is 24.7 Å². The molecule has 0 bridgehead atoms. The van der Waals surface area contributed by atoms with Crippen LogP contribution in [0.2, 0.25) is 0 Å². The molecular formula is C14H19NO4. The van der Waals surface area contributed by atoms with E-state index in [0.717, 1.165) is 5.75 Å². The number of hydrogen-bond donors (Lipinski definition) is 1. The quantitative estimate of drug-likeness (QED) is 0.475.